The average molecular weight is 258 g/mol. The monoisotopic (exact) mass is 258 g/mol. The molecule has 1 aliphatic carbocycles. The summed E-state index contributed by atoms with van der Waals surface area (Å²) in [5.74, 6) is 2.53. The van der Waals surface area contributed by atoms with E-state index in [-0.39, 0.29) is 0 Å². The highest BCUT2D eigenvalue weighted by atomic mass is 16.5. The Bertz CT molecular complexity index is 575. The second kappa shape index (κ2) is 4.99. The Kier molecular flexibility index (Phi) is 3.19. The van der Waals surface area contributed by atoms with Crippen LogP contribution in [0.1, 0.15) is 25.6 Å². The van der Waals surface area contributed by atoms with Gasteiger partial charge in [0.05, 0.1) is 18.4 Å². The molecular formula is C14H18N4O. The third kappa shape index (κ3) is 2.45. The van der Waals surface area contributed by atoms with Crippen LogP contribution in [0.4, 0.5) is 0 Å². The fraction of sp³-hybridized carbons (Fsp3) is 0.500. The van der Waals surface area contributed by atoms with Gasteiger partial charge in [-0.25, -0.2) is 15.0 Å². The van der Waals surface area contributed by atoms with Gasteiger partial charge in [0.2, 0.25) is 5.88 Å². The molecule has 2 heterocycles. The van der Waals surface area contributed by atoms with Crippen LogP contribution in [0.25, 0.3) is 11.3 Å². The number of hydrogen-bond donors (Lipinski definition) is 0. The minimum absolute atomic E-state index is 0.578. The van der Waals surface area contributed by atoms with Gasteiger partial charge in [0.15, 0.2) is 0 Å². The van der Waals surface area contributed by atoms with Crippen LogP contribution < -0.4 is 4.74 Å². The first kappa shape index (κ1) is 12.1. The van der Waals surface area contributed by atoms with Crippen LogP contribution in [0.3, 0.4) is 0 Å². The number of rotatable bonds is 5. The van der Waals surface area contributed by atoms with Gasteiger partial charge in [0, 0.05) is 25.4 Å². The molecule has 0 amide bonds. The summed E-state index contributed by atoms with van der Waals surface area (Å²) in [5.41, 5.74) is 1.75. The molecule has 1 fully saturated rings. The molecule has 0 aliphatic heterocycles. The summed E-state index contributed by atoms with van der Waals surface area (Å²) in [6, 6.07) is 0. The third-order valence-electron chi connectivity index (χ3n) is 3.47. The second-order valence-electron chi connectivity index (χ2n) is 4.94. The van der Waals surface area contributed by atoms with Crippen molar-refractivity contribution in [1.29, 1.82) is 0 Å². The number of ether oxygens (including phenoxy) is 1. The first-order chi connectivity index (χ1) is 9.31. The fourth-order valence-corrected chi connectivity index (χ4v) is 2.26. The maximum Gasteiger partial charge on any atom is 0.225 e. The van der Waals surface area contributed by atoms with E-state index in [1.165, 1.54) is 19.2 Å². The zero-order valence-electron chi connectivity index (χ0n) is 11.3. The normalized spacial score (nSPS) is 14.6. The summed E-state index contributed by atoms with van der Waals surface area (Å²) in [6.07, 6.45) is 8.96. The van der Waals surface area contributed by atoms with Gasteiger partial charge >= 0.3 is 0 Å². The summed E-state index contributed by atoms with van der Waals surface area (Å²) in [5, 5.41) is 0. The van der Waals surface area contributed by atoms with Gasteiger partial charge in [-0.15, -0.1) is 0 Å². The van der Waals surface area contributed by atoms with E-state index in [4.69, 9.17) is 9.72 Å². The van der Waals surface area contributed by atoms with Gasteiger partial charge in [-0.05, 0) is 18.8 Å². The molecule has 1 aliphatic rings. The van der Waals surface area contributed by atoms with Crippen LogP contribution in [-0.2, 0) is 13.0 Å². The van der Waals surface area contributed by atoms with Crippen molar-refractivity contribution in [3.05, 3.63) is 24.5 Å². The van der Waals surface area contributed by atoms with Gasteiger partial charge in [-0.2, -0.15) is 0 Å². The van der Waals surface area contributed by atoms with Gasteiger partial charge < -0.3 is 9.30 Å². The Labute approximate surface area is 112 Å². The minimum atomic E-state index is 0.578. The molecule has 3 rings (SSSR count). The maximum absolute atomic E-state index is 5.28. The SMILES string of the molecule is CCc1nc(-c2cncnc2OC)cn1CC1CC1. The molecular weight excluding hydrogens is 240 g/mol. The van der Waals surface area contributed by atoms with E-state index in [2.05, 4.69) is 27.7 Å². The highest BCUT2D eigenvalue weighted by molar-refractivity contribution is 5.63. The van der Waals surface area contributed by atoms with E-state index in [1.54, 1.807) is 13.3 Å². The molecule has 0 radical (unpaired) electrons. The molecule has 5 nitrogen and oxygen atoms in total. The van der Waals surface area contributed by atoms with Gasteiger partial charge in [0.1, 0.15) is 12.2 Å². The van der Waals surface area contributed by atoms with E-state index in [0.29, 0.717) is 5.88 Å². The Morgan fingerprint density at radius 2 is 2.26 bits per heavy atom. The lowest BCUT2D eigenvalue weighted by molar-refractivity contribution is 0.398. The molecule has 0 N–H and O–H groups in total. The molecule has 19 heavy (non-hydrogen) atoms. The number of imidazole rings is 1. The van der Waals surface area contributed by atoms with E-state index in [1.807, 2.05) is 0 Å². The topological polar surface area (TPSA) is 52.8 Å². The molecule has 0 saturated heterocycles. The standard InChI is InChI=1S/C14H18N4O/c1-3-13-17-12(8-18(13)7-10-4-5-10)11-6-15-9-16-14(11)19-2/h6,8-10H,3-5,7H2,1-2H3. The fourth-order valence-electron chi connectivity index (χ4n) is 2.26. The van der Waals surface area contributed by atoms with Crippen molar-refractivity contribution in [2.24, 2.45) is 5.92 Å². The zero-order chi connectivity index (χ0) is 13.2. The highest BCUT2D eigenvalue weighted by Crippen LogP contribution is 2.32. The molecule has 0 unspecified atom stereocenters. The number of nitrogens with zero attached hydrogens (tertiary/aromatic N) is 4. The lowest BCUT2D eigenvalue weighted by Gasteiger charge is -2.03. The van der Waals surface area contributed by atoms with Crippen molar-refractivity contribution in [1.82, 2.24) is 19.5 Å². The molecule has 100 valence electrons. The summed E-state index contributed by atoms with van der Waals surface area (Å²) in [6.45, 7) is 3.21. The van der Waals surface area contributed by atoms with Crippen molar-refractivity contribution in [2.75, 3.05) is 7.11 Å². The molecule has 2 aromatic heterocycles. The number of aryl methyl sites for hydroxylation is 1. The zero-order valence-corrected chi connectivity index (χ0v) is 11.3. The van der Waals surface area contributed by atoms with E-state index < -0.39 is 0 Å². The lowest BCUT2D eigenvalue weighted by Crippen LogP contribution is -2.02. The van der Waals surface area contributed by atoms with Crippen molar-refractivity contribution >= 4 is 0 Å². The van der Waals surface area contributed by atoms with Crippen molar-refractivity contribution in [3.8, 4) is 17.1 Å². The van der Waals surface area contributed by atoms with Crippen molar-refractivity contribution in [3.63, 3.8) is 0 Å². The first-order valence-electron chi connectivity index (χ1n) is 6.72. The van der Waals surface area contributed by atoms with Gasteiger partial charge in [0.25, 0.3) is 0 Å². The van der Waals surface area contributed by atoms with Crippen LogP contribution in [0.15, 0.2) is 18.7 Å². The second-order valence-corrected chi connectivity index (χ2v) is 4.94. The van der Waals surface area contributed by atoms with Crippen LogP contribution >= 0.6 is 0 Å². The largest absolute Gasteiger partial charge is 0.480 e. The summed E-state index contributed by atoms with van der Waals surface area (Å²) < 4.78 is 7.54. The van der Waals surface area contributed by atoms with Crippen molar-refractivity contribution in [2.45, 2.75) is 32.7 Å². The average Bonchev–Trinajstić information content (AvgIpc) is 3.17. The van der Waals surface area contributed by atoms with Crippen LogP contribution in [0.2, 0.25) is 0 Å². The Morgan fingerprint density at radius 3 is 2.95 bits per heavy atom. The third-order valence-corrected chi connectivity index (χ3v) is 3.47. The summed E-state index contributed by atoms with van der Waals surface area (Å²) >= 11 is 0. The first-order valence-corrected chi connectivity index (χ1v) is 6.72. The number of methoxy groups -OCH3 is 1. The maximum atomic E-state index is 5.28. The molecule has 0 spiro atoms. The predicted octanol–water partition coefficient (Wildman–Crippen LogP) is 2.32. The number of aromatic nitrogens is 4. The molecule has 2 aromatic rings. The molecule has 0 atom stereocenters. The minimum Gasteiger partial charge on any atom is -0.480 e. The molecule has 1 saturated carbocycles. The van der Waals surface area contributed by atoms with Crippen molar-refractivity contribution < 1.29 is 4.74 Å². The van der Waals surface area contributed by atoms with Crippen LogP contribution in [0.5, 0.6) is 5.88 Å². The Hall–Kier alpha value is -1.91. The predicted molar refractivity (Wildman–Crippen MR) is 71.9 cm³/mol. The quantitative estimate of drug-likeness (QED) is 0.826. The molecule has 0 bridgehead atoms. The summed E-state index contributed by atoms with van der Waals surface area (Å²) in [4.78, 5) is 12.9. The number of hydrogen-bond acceptors (Lipinski definition) is 4. The lowest BCUT2D eigenvalue weighted by atomic mass is 10.2. The highest BCUT2D eigenvalue weighted by Gasteiger charge is 2.23. The van der Waals surface area contributed by atoms with Gasteiger partial charge in [-0.1, -0.05) is 6.92 Å². The smallest absolute Gasteiger partial charge is 0.225 e. The van der Waals surface area contributed by atoms with E-state index >= 15 is 0 Å². The Balaban J connectivity index is 1.97. The summed E-state index contributed by atoms with van der Waals surface area (Å²) in [7, 11) is 1.62. The molecule has 0 aromatic carbocycles. The van der Waals surface area contributed by atoms with Crippen LogP contribution in [0, 0.1) is 5.92 Å². The van der Waals surface area contributed by atoms with E-state index in [0.717, 1.165) is 36.0 Å². The molecule has 5 heteroatoms. The van der Waals surface area contributed by atoms with Crippen LogP contribution in [-0.4, -0.2) is 26.6 Å². The van der Waals surface area contributed by atoms with E-state index in [9.17, 15) is 0 Å². The van der Waals surface area contributed by atoms with Gasteiger partial charge in [-0.3, -0.25) is 0 Å². The Morgan fingerprint density at radius 1 is 1.42 bits per heavy atom.